The van der Waals surface area contributed by atoms with Gasteiger partial charge in [-0.2, -0.15) is 0 Å². The second-order valence-electron chi connectivity index (χ2n) is 6.54. The largest absolute Gasteiger partial charge is 0.320 e. The van der Waals surface area contributed by atoms with Gasteiger partial charge in [0.05, 0.1) is 11.6 Å². The number of unbranched alkanes of at least 4 members (excludes halogenated alkanes) is 2. The molecule has 1 atom stereocenters. The molecule has 0 bridgehead atoms. The third-order valence-corrected chi connectivity index (χ3v) is 4.30. The number of nitrogens with zero attached hydrogens (tertiary/aromatic N) is 2. The minimum absolute atomic E-state index is 0.00778. The van der Waals surface area contributed by atoms with Crippen molar-refractivity contribution in [2.24, 2.45) is 5.73 Å². The van der Waals surface area contributed by atoms with E-state index >= 15 is 0 Å². The highest BCUT2D eigenvalue weighted by Gasteiger charge is 2.19. The molecule has 1 aromatic carbocycles. The summed E-state index contributed by atoms with van der Waals surface area (Å²) in [7, 11) is 4.13. The van der Waals surface area contributed by atoms with E-state index in [1.54, 1.807) is 4.57 Å². The van der Waals surface area contributed by atoms with Crippen LogP contribution in [0.4, 0.5) is 0 Å². The Labute approximate surface area is 139 Å². The van der Waals surface area contributed by atoms with E-state index in [-0.39, 0.29) is 5.91 Å². The zero-order chi connectivity index (χ0) is 16.8. The standard InChI is InChI=1S/C19H29N3O/c1-4-5-6-10-17(20)19(23)22-14-15(12-13-21(2)3)16-9-7-8-11-18(16)22/h7-9,11,14,17H,4-6,10,12-13,20H2,1-3H3. The molecule has 0 fully saturated rings. The van der Waals surface area contributed by atoms with Crippen LogP contribution in [-0.2, 0) is 6.42 Å². The van der Waals surface area contributed by atoms with E-state index in [0.29, 0.717) is 0 Å². The van der Waals surface area contributed by atoms with E-state index in [1.165, 1.54) is 5.56 Å². The Balaban J connectivity index is 2.24. The van der Waals surface area contributed by atoms with E-state index in [4.69, 9.17) is 5.73 Å². The van der Waals surface area contributed by atoms with Crippen LogP contribution in [0, 0.1) is 0 Å². The van der Waals surface area contributed by atoms with Gasteiger partial charge in [0.15, 0.2) is 0 Å². The number of carbonyl (C=O) groups is 1. The van der Waals surface area contributed by atoms with Crippen molar-refractivity contribution >= 4 is 16.8 Å². The lowest BCUT2D eigenvalue weighted by Gasteiger charge is -2.12. The molecule has 0 saturated carbocycles. The molecule has 1 aromatic heterocycles. The van der Waals surface area contributed by atoms with Gasteiger partial charge in [-0.1, -0.05) is 44.4 Å². The van der Waals surface area contributed by atoms with Crippen molar-refractivity contribution in [3.63, 3.8) is 0 Å². The third-order valence-electron chi connectivity index (χ3n) is 4.30. The van der Waals surface area contributed by atoms with Gasteiger partial charge in [0.25, 0.3) is 0 Å². The second kappa shape index (κ2) is 8.27. The van der Waals surface area contributed by atoms with Crippen molar-refractivity contribution in [1.82, 2.24) is 9.47 Å². The molecule has 4 nitrogen and oxygen atoms in total. The van der Waals surface area contributed by atoms with Crippen LogP contribution in [0.25, 0.3) is 10.9 Å². The van der Waals surface area contributed by atoms with E-state index < -0.39 is 6.04 Å². The molecule has 1 heterocycles. The molecule has 0 amide bonds. The number of rotatable bonds is 8. The van der Waals surface area contributed by atoms with Gasteiger partial charge in [0.2, 0.25) is 5.91 Å². The highest BCUT2D eigenvalue weighted by molar-refractivity contribution is 5.96. The van der Waals surface area contributed by atoms with Gasteiger partial charge in [-0.05, 0) is 38.6 Å². The average Bonchev–Trinajstić information content (AvgIpc) is 2.91. The number of benzene rings is 1. The number of fused-ring (bicyclic) bond motifs is 1. The van der Waals surface area contributed by atoms with Crippen LogP contribution in [0.2, 0.25) is 0 Å². The van der Waals surface area contributed by atoms with E-state index in [2.05, 4.69) is 32.0 Å². The van der Waals surface area contributed by atoms with Crippen LogP contribution in [0.1, 0.15) is 43.0 Å². The van der Waals surface area contributed by atoms with E-state index in [0.717, 1.165) is 49.6 Å². The van der Waals surface area contributed by atoms with Gasteiger partial charge >= 0.3 is 0 Å². The lowest BCUT2D eigenvalue weighted by molar-refractivity contribution is 0.0879. The molecule has 4 heteroatoms. The van der Waals surface area contributed by atoms with E-state index in [1.807, 2.05) is 24.4 Å². The summed E-state index contributed by atoms with van der Waals surface area (Å²) < 4.78 is 1.76. The molecule has 2 aromatic rings. The van der Waals surface area contributed by atoms with E-state index in [9.17, 15) is 4.79 Å². The first-order valence-electron chi connectivity index (χ1n) is 8.58. The summed E-state index contributed by atoms with van der Waals surface area (Å²) in [6.07, 6.45) is 6.95. The second-order valence-corrected chi connectivity index (χ2v) is 6.54. The van der Waals surface area contributed by atoms with Crippen molar-refractivity contribution < 1.29 is 4.79 Å². The van der Waals surface area contributed by atoms with Gasteiger partial charge in [-0.25, -0.2) is 0 Å². The van der Waals surface area contributed by atoms with Gasteiger partial charge in [0.1, 0.15) is 0 Å². The first-order valence-corrected chi connectivity index (χ1v) is 8.58. The van der Waals surface area contributed by atoms with Crippen LogP contribution < -0.4 is 5.73 Å². The maximum atomic E-state index is 12.7. The lowest BCUT2D eigenvalue weighted by Crippen LogP contribution is -2.34. The summed E-state index contributed by atoms with van der Waals surface area (Å²) in [5.74, 6) is 0.00778. The first kappa shape index (κ1) is 17.7. The molecule has 0 aliphatic heterocycles. The summed E-state index contributed by atoms with van der Waals surface area (Å²) in [6, 6.07) is 7.68. The number of aromatic nitrogens is 1. The molecule has 126 valence electrons. The van der Waals surface area contributed by atoms with Gasteiger partial charge in [-0.3, -0.25) is 9.36 Å². The summed E-state index contributed by atoms with van der Waals surface area (Å²) in [5.41, 5.74) is 8.32. The van der Waals surface area contributed by atoms with Crippen molar-refractivity contribution in [2.75, 3.05) is 20.6 Å². The minimum atomic E-state index is -0.418. The van der Waals surface area contributed by atoms with Crippen LogP contribution in [0.3, 0.4) is 0 Å². The molecule has 0 aliphatic rings. The molecule has 2 rings (SSSR count). The summed E-state index contributed by atoms with van der Waals surface area (Å²) in [6.45, 7) is 3.12. The Hall–Kier alpha value is -1.65. The zero-order valence-electron chi connectivity index (χ0n) is 14.6. The van der Waals surface area contributed by atoms with Gasteiger partial charge < -0.3 is 10.6 Å². The monoisotopic (exact) mass is 315 g/mol. The predicted octanol–water partition coefficient (Wildman–Crippen LogP) is 3.29. The van der Waals surface area contributed by atoms with Crippen LogP contribution in [-0.4, -0.2) is 42.1 Å². The Morgan fingerprint density at radius 2 is 2.00 bits per heavy atom. The first-order chi connectivity index (χ1) is 11.0. The maximum Gasteiger partial charge on any atom is 0.247 e. The number of para-hydroxylation sites is 1. The van der Waals surface area contributed by atoms with Crippen LogP contribution >= 0.6 is 0 Å². The fourth-order valence-electron chi connectivity index (χ4n) is 2.89. The predicted molar refractivity (Wildman–Crippen MR) is 96.9 cm³/mol. The number of carbonyl (C=O) groups excluding carboxylic acids is 1. The van der Waals surface area contributed by atoms with Crippen molar-refractivity contribution in [1.29, 1.82) is 0 Å². The molecule has 0 aliphatic carbocycles. The Morgan fingerprint density at radius 1 is 1.26 bits per heavy atom. The Kier molecular flexibility index (Phi) is 6.37. The van der Waals surface area contributed by atoms with Crippen LogP contribution in [0.5, 0.6) is 0 Å². The maximum absolute atomic E-state index is 12.7. The third kappa shape index (κ3) is 4.43. The molecule has 2 N–H and O–H groups in total. The number of hydrogen-bond donors (Lipinski definition) is 1. The smallest absolute Gasteiger partial charge is 0.247 e. The SMILES string of the molecule is CCCCCC(N)C(=O)n1cc(CCN(C)C)c2ccccc21. The highest BCUT2D eigenvalue weighted by Crippen LogP contribution is 2.22. The average molecular weight is 315 g/mol. The van der Waals surface area contributed by atoms with Gasteiger partial charge in [-0.15, -0.1) is 0 Å². The van der Waals surface area contributed by atoms with Gasteiger partial charge in [0, 0.05) is 18.1 Å². The molecule has 0 radical (unpaired) electrons. The lowest BCUT2D eigenvalue weighted by atomic mass is 10.1. The fourth-order valence-corrected chi connectivity index (χ4v) is 2.89. The molecular formula is C19H29N3O. The molecule has 1 unspecified atom stereocenters. The highest BCUT2D eigenvalue weighted by atomic mass is 16.2. The molecule has 0 spiro atoms. The Morgan fingerprint density at radius 3 is 2.70 bits per heavy atom. The van der Waals surface area contributed by atoms with Crippen molar-refractivity contribution in [2.45, 2.75) is 45.1 Å². The van der Waals surface area contributed by atoms with Crippen molar-refractivity contribution in [3.05, 3.63) is 36.0 Å². The molecular weight excluding hydrogens is 286 g/mol. The number of hydrogen-bond acceptors (Lipinski definition) is 3. The minimum Gasteiger partial charge on any atom is -0.320 e. The molecule has 0 saturated heterocycles. The van der Waals surface area contributed by atoms with Crippen LogP contribution in [0.15, 0.2) is 30.5 Å². The zero-order valence-corrected chi connectivity index (χ0v) is 14.6. The quantitative estimate of drug-likeness (QED) is 0.761. The van der Waals surface area contributed by atoms with Crippen molar-refractivity contribution in [3.8, 4) is 0 Å². The topological polar surface area (TPSA) is 51.3 Å². The fraction of sp³-hybridized carbons (Fsp3) is 0.526. The summed E-state index contributed by atoms with van der Waals surface area (Å²) in [5, 5.41) is 1.16. The number of likely N-dealkylation sites (N-methyl/N-ethyl adjacent to an activating group) is 1. The Bertz CT molecular complexity index is 645. The normalized spacial score (nSPS) is 12.9. The molecule has 23 heavy (non-hydrogen) atoms. The summed E-state index contributed by atoms with van der Waals surface area (Å²) in [4.78, 5) is 14.9. The summed E-state index contributed by atoms with van der Waals surface area (Å²) >= 11 is 0. The number of nitrogens with two attached hydrogens (primary N) is 1.